The second-order valence-electron chi connectivity index (χ2n) is 4.57. The summed E-state index contributed by atoms with van der Waals surface area (Å²) in [5.74, 6) is 5.48. The Hall–Kier alpha value is -1.98. The van der Waals surface area contributed by atoms with Crippen molar-refractivity contribution in [1.29, 1.82) is 0 Å². The van der Waals surface area contributed by atoms with E-state index in [0.29, 0.717) is 18.4 Å². The molecule has 0 saturated heterocycles. The molecule has 3 N–H and O–H groups in total. The molecule has 0 aliphatic heterocycles. The first-order valence-electron chi connectivity index (χ1n) is 6.41. The quantitative estimate of drug-likeness (QED) is 0.624. The van der Waals surface area contributed by atoms with Crippen LogP contribution in [0.5, 0.6) is 5.75 Å². The van der Waals surface area contributed by atoms with E-state index in [4.69, 9.17) is 10.6 Å². The molecule has 5 heteroatoms. The summed E-state index contributed by atoms with van der Waals surface area (Å²) in [4.78, 5) is 4.06. The lowest BCUT2D eigenvalue weighted by Crippen LogP contribution is -2.38. The molecule has 4 nitrogen and oxygen atoms in total. The highest BCUT2D eigenvalue weighted by Crippen LogP contribution is 2.21. The number of benzene rings is 1. The van der Waals surface area contributed by atoms with Crippen LogP contribution < -0.4 is 16.0 Å². The maximum Gasteiger partial charge on any atom is 0.168 e. The summed E-state index contributed by atoms with van der Waals surface area (Å²) in [5.41, 5.74) is 4.36. The maximum absolute atomic E-state index is 14.1. The fraction of sp³-hybridized carbons (Fsp3) is 0.267. The number of aromatic nitrogens is 1. The summed E-state index contributed by atoms with van der Waals surface area (Å²) in [5, 5.41) is 0. The van der Waals surface area contributed by atoms with Gasteiger partial charge >= 0.3 is 0 Å². The van der Waals surface area contributed by atoms with Gasteiger partial charge < -0.3 is 4.74 Å². The van der Waals surface area contributed by atoms with Gasteiger partial charge in [0.15, 0.2) is 11.6 Å². The van der Waals surface area contributed by atoms with Crippen molar-refractivity contribution in [2.75, 3.05) is 7.11 Å². The number of ether oxygens (including phenoxy) is 1. The first kappa shape index (κ1) is 14.4. The third kappa shape index (κ3) is 3.53. The van der Waals surface area contributed by atoms with Crippen molar-refractivity contribution in [2.45, 2.75) is 18.9 Å². The fourth-order valence-electron chi connectivity index (χ4n) is 2.13. The average molecular weight is 275 g/mol. The Morgan fingerprint density at radius 2 is 2.15 bits per heavy atom. The van der Waals surface area contributed by atoms with Crippen molar-refractivity contribution < 1.29 is 9.13 Å². The molecule has 20 heavy (non-hydrogen) atoms. The van der Waals surface area contributed by atoms with Crippen LogP contribution in [-0.2, 0) is 12.8 Å². The van der Waals surface area contributed by atoms with Crippen LogP contribution >= 0.6 is 0 Å². The minimum Gasteiger partial charge on any atom is -0.494 e. The number of methoxy groups -OCH3 is 1. The second-order valence-corrected chi connectivity index (χ2v) is 4.57. The summed E-state index contributed by atoms with van der Waals surface area (Å²) in [7, 11) is 1.45. The van der Waals surface area contributed by atoms with E-state index in [9.17, 15) is 4.39 Å². The van der Waals surface area contributed by atoms with Gasteiger partial charge in [-0.1, -0.05) is 18.2 Å². The van der Waals surface area contributed by atoms with Crippen molar-refractivity contribution in [3.05, 3.63) is 59.7 Å². The van der Waals surface area contributed by atoms with Crippen LogP contribution in [0.15, 0.2) is 42.7 Å². The molecule has 0 aliphatic carbocycles. The van der Waals surface area contributed by atoms with Crippen molar-refractivity contribution in [1.82, 2.24) is 10.4 Å². The number of halogens is 1. The summed E-state index contributed by atoms with van der Waals surface area (Å²) < 4.78 is 19.1. The molecule has 1 heterocycles. The highest BCUT2D eigenvalue weighted by Gasteiger charge is 2.14. The number of hydrazine groups is 1. The van der Waals surface area contributed by atoms with Gasteiger partial charge in [-0.15, -0.1) is 0 Å². The molecule has 106 valence electrons. The highest BCUT2D eigenvalue weighted by molar-refractivity contribution is 5.31. The Labute approximate surface area is 117 Å². The number of rotatable bonds is 6. The van der Waals surface area contributed by atoms with Crippen molar-refractivity contribution in [3.8, 4) is 5.75 Å². The van der Waals surface area contributed by atoms with Gasteiger partial charge in [-0.25, -0.2) is 4.39 Å². The normalized spacial score (nSPS) is 12.2. The molecule has 0 aliphatic rings. The summed E-state index contributed by atoms with van der Waals surface area (Å²) in [6.07, 6.45) is 4.66. The number of nitrogens with two attached hydrogens (primary N) is 1. The predicted molar refractivity (Wildman–Crippen MR) is 75.7 cm³/mol. The highest BCUT2D eigenvalue weighted by atomic mass is 19.1. The lowest BCUT2D eigenvalue weighted by molar-refractivity contribution is 0.382. The molecule has 1 aromatic carbocycles. The smallest absolute Gasteiger partial charge is 0.168 e. The fourth-order valence-corrected chi connectivity index (χ4v) is 2.13. The van der Waals surface area contributed by atoms with E-state index in [1.807, 2.05) is 12.1 Å². The Kier molecular flexibility index (Phi) is 5.03. The number of nitrogens with one attached hydrogen (secondary N) is 1. The SMILES string of the molecule is COc1cccc(CC(Cc2cccnc2)NN)c1F. The van der Waals surface area contributed by atoms with E-state index < -0.39 is 0 Å². The van der Waals surface area contributed by atoms with Gasteiger partial charge in [0.25, 0.3) is 0 Å². The monoisotopic (exact) mass is 275 g/mol. The minimum atomic E-state index is -0.332. The Bertz CT molecular complexity index is 548. The van der Waals surface area contributed by atoms with Crippen LogP contribution in [0, 0.1) is 5.82 Å². The molecule has 1 aromatic heterocycles. The molecular weight excluding hydrogens is 257 g/mol. The molecule has 2 aromatic rings. The Morgan fingerprint density at radius 1 is 1.30 bits per heavy atom. The number of nitrogens with zero attached hydrogens (tertiary/aromatic N) is 1. The van der Waals surface area contributed by atoms with Crippen LogP contribution in [0.1, 0.15) is 11.1 Å². The van der Waals surface area contributed by atoms with Gasteiger partial charge in [-0.2, -0.15) is 0 Å². The van der Waals surface area contributed by atoms with Crippen LogP contribution in [0.4, 0.5) is 4.39 Å². The summed E-state index contributed by atoms with van der Waals surface area (Å²) in [6, 6.07) is 8.89. The van der Waals surface area contributed by atoms with Gasteiger partial charge in [0.2, 0.25) is 0 Å². The van der Waals surface area contributed by atoms with Crippen LogP contribution in [0.25, 0.3) is 0 Å². The third-order valence-corrected chi connectivity index (χ3v) is 3.17. The van der Waals surface area contributed by atoms with Gasteiger partial charge in [-0.05, 0) is 36.1 Å². The van der Waals surface area contributed by atoms with Crippen molar-refractivity contribution in [3.63, 3.8) is 0 Å². The van der Waals surface area contributed by atoms with Gasteiger partial charge in [0, 0.05) is 18.4 Å². The number of hydrogen-bond donors (Lipinski definition) is 2. The topological polar surface area (TPSA) is 60.2 Å². The van der Waals surface area contributed by atoms with Crippen LogP contribution in [0.2, 0.25) is 0 Å². The van der Waals surface area contributed by atoms with Gasteiger partial charge in [0.1, 0.15) is 0 Å². The molecule has 1 unspecified atom stereocenters. The Morgan fingerprint density at radius 3 is 2.80 bits per heavy atom. The average Bonchev–Trinajstić information content (AvgIpc) is 2.49. The van der Waals surface area contributed by atoms with Gasteiger partial charge in [-0.3, -0.25) is 16.3 Å². The molecule has 0 fully saturated rings. The molecule has 2 rings (SSSR count). The lowest BCUT2D eigenvalue weighted by Gasteiger charge is -2.17. The zero-order chi connectivity index (χ0) is 14.4. The standard InChI is InChI=1S/C15H18FN3O/c1-20-14-6-2-5-12(15(14)16)9-13(19-17)8-11-4-3-7-18-10-11/h2-7,10,13,19H,8-9,17H2,1H3. The van der Waals surface area contributed by atoms with E-state index in [2.05, 4.69) is 10.4 Å². The maximum atomic E-state index is 14.1. The summed E-state index contributed by atoms with van der Waals surface area (Å²) >= 11 is 0. The minimum absolute atomic E-state index is 0.0687. The molecule has 0 saturated carbocycles. The summed E-state index contributed by atoms with van der Waals surface area (Å²) in [6.45, 7) is 0. The molecule has 0 amide bonds. The molecule has 1 atom stereocenters. The van der Waals surface area contributed by atoms with E-state index in [-0.39, 0.29) is 17.6 Å². The lowest BCUT2D eigenvalue weighted by atomic mass is 10.00. The van der Waals surface area contributed by atoms with Crippen molar-refractivity contribution in [2.24, 2.45) is 5.84 Å². The van der Waals surface area contributed by atoms with E-state index >= 15 is 0 Å². The van der Waals surface area contributed by atoms with Crippen molar-refractivity contribution >= 4 is 0 Å². The number of pyridine rings is 1. The second kappa shape index (κ2) is 6.98. The van der Waals surface area contributed by atoms with Crippen LogP contribution in [-0.4, -0.2) is 18.1 Å². The van der Waals surface area contributed by atoms with E-state index in [1.54, 1.807) is 30.6 Å². The zero-order valence-corrected chi connectivity index (χ0v) is 11.3. The molecular formula is C15H18FN3O. The van der Waals surface area contributed by atoms with Crippen LogP contribution in [0.3, 0.4) is 0 Å². The predicted octanol–water partition coefficient (Wildman–Crippen LogP) is 1.85. The van der Waals surface area contributed by atoms with E-state index in [1.165, 1.54) is 7.11 Å². The van der Waals surface area contributed by atoms with Gasteiger partial charge in [0.05, 0.1) is 7.11 Å². The molecule has 0 radical (unpaired) electrons. The molecule has 0 spiro atoms. The third-order valence-electron chi connectivity index (χ3n) is 3.17. The first-order valence-corrected chi connectivity index (χ1v) is 6.41. The Balaban J connectivity index is 2.10. The molecule has 0 bridgehead atoms. The zero-order valence-electron chi connectivity index (χ0n) is 11.3. The number of hydrogen-bond acceptors (Lipinski definition) is 4. The van der Waals surface area contributed by atoms with E-state index in [0.717, 1.165) is 5.56 Å². The largest absolute Gasteiger partial charge is 0.494 e. The first-order chi connectivity index (χ1) is 9.74.